The zero-order chi connectivity index (χ0) is 14.0. The minimum absolute atomic E-state index is 0.0822. The summed E-state index contributed by atoms with van der Waals surface area (Å²) in [5.74, 6) is -1.84. The highest BCUT2D eigenvalue weighted by atomic mass is 16.4. The number of hydrogen-bond acceptors (Lipinski definition) is 3. The molecule has 4 heteroatoms. The van der Waals surface area contributed by atoms with Crippen molar-refractivity contribution < 1.29 is 14.7 Å². The molecule has 19 heavy (non-hydrogen) atoms. The molecular weight excluding hydrogens is 242 g/mol. The van der Waals surface area contributed by atoms with E-state index in [1.807, 2.05) is 0 Å². The number of fused-ring (bicyclic) bond motifs is 2. The summed E-state index contributed by atoms with van der Waals surface area (Å²) in [5.41, 5.74) is 0. The normalized spacial score (nSPS) is 32.0. The van der Waals surface area contributed by atoms with Gasteiger partial charge in [0.05, 0.1) is 0 Å². The van der Waals surface area contributed by atoms with E-state index in [1.54, 1.807) is 17.1 Å². The first kappa shape index (κ1) is 13.8. The zero-order valence-electron chi connectivity index (χ0n) is 11.1. The van der Waals surface area contributed by atoms with Crippen molar-refractivity contribution in [1.29, 1.82) is 0 Å². The maximum Gasteiger partial charge on any atom is 0.227 e. The van der Waals surface area contributed by atoms with Crippen LogP contribution in [0.3, 0.4) is 0 Å². The standard InChI is InChI=1S/C15H21NO3/c1-3-7-16(8-4-2)14(17)12-10-5-6-11(9-10)13(12)15(18)19/h3-4,10-13H,1-2,5-9H2,(H,18,19)/p-1/t10-,11-,12+,13-/m0/s1. The molecule has 0 saturated heterocycles. The van der Waals surface area contributed by atoms with E-state index < -0.39 is 17.8 Å². The van der Waals surface area contributed by atoms with Crippen LogP contribution >= 0.6 is 0 Å². The molecule has 0 heterocycles. The number of nitrogens with zero attached hydrogens (tertiary/aromatic N) is 1. The van der Waals surface area contributed by atoms with Gasteiger partial charge >= 0.3 is 0 Å². The molecule has 2 rings (SSSR count). The smallest absolute Gasteiger partial charge is 0.227 e. The quantitative estimate of drug-likeness (QED) is 0.659. The molecule has 0 unspecified atom stereocenters. The Hall–Kier alpha value is -1.58. The zero-order valence-corrected chi connectivity index (χ0v) is 11.1. The molecule has 2 saturated carbocycles. The molecule has 2 fully saturated rings. The van der Waals surface area contributed by atoms with Crippen LogP contribution in [0.1, 0.15) is 19.3 Å². The SMILES string of the molecule is C=CCN(CC=C)C(=O)[C@@H]1[C@H]2CC[C@@H](C2)[C@@H]1C(=O)[O-]. The van der Waals surface area contributed by atoms with Gasteiger partial charge in [0.25, 0.3) is 0 Å². The highest BCUT2D eigenvalue weighted by molar-refractivity contribution is 5.85. The summed E-state index contributed by atoms with van der Waals surface area (Å²) in [7, 11) is 0. The van der Waals surface area contributed by atoms with Gasteiger partial charge < -0.3 is 14.8 Å². The Kier molecular flexibility index (Phi) is 4.08. The van der Waals surface area contributed by atoms with Gasteiger partial charge in [-0.1, -0.05) is 12.2 Å². The van der Waals surface area contributed by atoms with Gasteiger partial charge in [-0.05, 0) is 31.1 Å². The second-order valence-corrected chi connectivity index (χ2v) is 5.52. The number of hydrogen-bond donors (Lipinski definition) is 0. The van der Waals surface area contributed by atoms with Crippen molar-refractivity contribution in [3.05, 3.63) is 25.3 Å². The third kappa shape index (κ3) is 2.44. The van der Waals surface area contributed by atoms with Crippen LogP contribution in [0.5, 0.6) is 0 Å². The molecule has 0 aromatic carbocycles. The molecule has 104 valence electrons. The highest BCUT2D eigenvalue weighted by Gasteiger charge is 2.52. The van der Waals surface area contributed by atoms with E-state index >= 15 is 0 Å². The first-order valence-electron chi connectivity index (χ1n) is 6.81. The number of rotatable bonds is 6. The van der Waals surface area contributed by atoms with E-state index in [4.69, 9.17) is 0 Å². The number of amides is 1. The lowest BCUT2D eigenvalue weighted by molar-refractivity contribution is -0.314. The summed E-state index contributed by atoms with van der Waals surface area (Å²) in [6.07, 6.45) is 6.03. The second kappa shape index (κ2) is 5.59. The first-order valence-corrected chi connectivity index (χ1v) is 6.81. The number of carboxylic acid groups (broad SMARTS) is 1. The van der Waals surface area contributed by atoms with Gasteiger partial charge in [0.15, 0.2) is 0 Å². The topological polar surface area (TPSA) is 60.4 Å². The Balaban J connectivity index is 2.18. The Morgan fingerprint density at radius 2 is 1.63 bits per heavy atom. The first-order chi connectivity index (χ1) is 9.10. The molecule has 1 amide bonds. The average Bonchev–Trinajstić information content (AvgIpc) is 2.97. The van der Waals surface area contributed by atoms with Crippen molar-refractivity contribution in [2.45, 2.75) is 19.3 Å². The minimum atomic E-state index is -1.07. The lowest BCUT2D eigenvalue weighted by Gasteiger charge is -2.34. The molecule has 0 N–H and O–H groups in total. The molecule has 2 aliphatic carbocycles. The van der Waals surface area contributed by atoms with Crippen LogP contribution in [-0.2, 0) is 9.59 Å². The summed E-state index contributed by atoms with van der Waals surface area (Å²) in [6.45, 7) is 8.13. The molecular formula is C15H20NO3-. The summed E-state index contributed by atoms with van der Waals surface area (Å²) >= 11 is 0. The van der Waals surface area contributed by atoms with E-state index in [1.165, 1.54) is 0 Å². The Morgan fingerprint density at radius 3 is 2.11 bits per heavy atom. The number of carbonyl (C=O) groups is 2. The average molecular weight is 262 g/mol. The molecule has 2 bridgehead atoms. The van der Waals surface area contributed by atoms with Crippen molar-refractivity contribution in [3.63, 3.8) is 0 Å². The van der Waals surface area contributed by atoms with Gasteiger partial charge in [-0.15, -0.1) is 13.2 Å². The monoisotopic (exact) mass is 262 g/mol. The third-order valence-electron chi connectivity index (χ3n) is 4.48. The Labute approximate surface area is 113 Å². The van der Waals surface area contributed by atoms with Gasteiger partial charge in [0, 0.05) is 30.9 Å². The minimum Gasteiger partial charge on any atom is -0.550 e. The molecule has 2 aliphatic rings. The fraction of sp³-hybridized carbons (Fsp3) is 0.600. The van der Waals surface area contributed by atoms with Crippen molar-refractivity contribution in [2.75, 3.05) is 13.1 Å². The lowest BCUT2D eigenvalue weighted by Crippen LogP contribution is -2.47. The Morgan fingerprint density at radius 1 is 1.11 bits per heavy atom. The molecule has 0 aromatic heterocycles. The van der Waals surface area contributed by atoms with Crippen LogP contribution in [0.25, 0.3) is 0 Å². The molecule has 4 atom stereocenters. The second-order valence-electron chi connectivity index (χ2n) is 5.52. The van der Waals surface area contributed by atoms with Gasteiger partial charge in [-0.3, -0.25) is 4.79 Å². The lowest BCUT2D eigenvalue weighted by atomic mass is 9.78. The van der Waals surface area contributed by atoms with E-state index in [2.05, 4.69) is 13.2 Å². The molecule has 0 radical (unpaired) electrons. The fourth-order valence-electron chi connectivity index (χ4n) is 3.76. The van der Waals surface area contributed by atoms with Gasteiger partial charge in [0.2, 0.25) is 5.91 Å². The van der Waals surface area contributed by atoms with Crippen molar-refractivity contribution in [3.8, 4) is 0 Å². The van der Waals surface area contributed by atoms with Crippen LogP contribution in [0, 0.1) is 23.7 Å². The van der Waals surface area contributed by atoms with Gasteiger partial charge in [0.1, 0.15) is 0 Å². The van der Waals surface area contributed by atoms with Crippen LogP contribution in [-0.4, -0.2) is 29.9 Å². The maximum atomic E-state index is 12.6. The summed E-state index contributed by atoms with van der Waals surface area (Å²) in [4.78, 5) is 25.5. The molecule has 0 aromatic rings. The highest BCUT2D eigenvalue weighted by Crippen LogP contribution is 2.52. The van der Waals surface area contributed by atoms with E-state index in [0.29, 0.717) is 13.1 Å². The number of aliphatic carboxylic acids is 1. The Bertz CT molecular complexity index is 394. The van der Waals surface area contributed by atoms with Gasteiger partial charge in [-0.2, -0.15) is 0 Å². The molecule has 4 nitrogen and oxygen atoms in total. The predicted octanol–water partition coefficient (Wildman–Crippen LogP) is 0.599. The number of carbonyl (C=O) groups excluding carboxylic acids is 2. The van der Waals surface area contributed by atoms with Crippen LogP contribution in [0.15, 0.2) is 25.3 Å². The third-order valence-corrected chi connectivity index (χ3v) is 4.48. The van der Waals surface area contributed by atoms with Crippen LogP contribution < -0.4 is 5.11 Å². The van der Waals surface area contributed by atoms with Crippen LogP contribution in [0.4, 0.5) is 0 Å². The molecule has 0 spiro atoms. The largest absolute Gasteiger partial charge is 0.550 e. The fourth-order valence-corrected chi connectivity index (χ4v) is 3.76. The number of carboxylic acids is 1. The van der Waals surface area contributed by atoms with E-state index in [0.717, 1.165) is 19.3 Å². The summed E-state index contributed by atoms with van der Waals surface area (Å²) in [6, 6.07) is 0. The van der Waals surface area contributed by atoms with Crippen molar-refractivity contribution >= 4 is 11.9 Å². The van der Waals surface area contributed by atoms with E-state index in [9.17, 15) is 14.7 Å². The summed E-state index contributed by atoms with van der Waals surface area (Å²) in [5, 5.41) is 11.3. The maximum absolute atomic E-state index is 12.6. The van der Waals surface area contributed by atoms with Gasteiger partial charge in [-0.25, -0.2) is 0 Å². The van der Waals surface area contributed by atoms with Crippen LogP contribution in [0.2, 0.25) is 0 Å². The van der Waals surface area contributed by atoms with Crippen molar-refractivity contribution in [1.82, 2.24) is 4.90 Å². The predicted molar refractivity (Wildman–Crippen MR) is 69.8 cm³/mol. The van der Waals surface area contributed by atoms with E-state index in [-0.39, 0.29) is 17.7 Å². The molecule has 0 aliphatic heterocycles. The van der Waals surface area contributed by atoms with Crippen molar-refractivity contribution in [2.24, 2.45) is 23.7 Å². The summed E-state index contributed by atoms with van der Waals surface area (Å²) < 4.78 is 0.